The Morgan fingerprint density at radius 3 is 2.53 bits per heavy atom. The summed E-state index contributed by atoms with van der Waals surface area (Å²) in [5, 5.41) is 0. The van der Waals surface area contributed by atoms with E-state index in [1.54, 1.807) is 6.08 Å². The van der Waals surface area contributed by atoms with Gasteiger partial charge in [-0.15, -0.1) is 0 Å². The van der Waals surface area contributed by atoms with Gasteiger partial charge >= 0.3 is 0 Å². The predicted octanol–water partition coefficient (Wildman–Crippen LogP) is 4.24. The lowest BCUT2D eigenvalue weighted by atomic mass is 10.0. The van der Waals surface area contributed by atoms with E-state index in [9.17, 15) is 0 Å². The fourth-order valence-corrected chi connectivity index (χ4v) is 1.20. The molecule has 0 amide bonds. The van der Waals surface area contributed by atoms with Crippen LogP contribution in [0.5, 0.6) is 0 Å². The minimum atomic E-state index is 0.398. The van der Waals surface area contributed by atoms with Crippen LogP contribution in [0.25, 0.3) is 0 Å². The molecule has 0 heteroatoms. The molecular formula is C15H19. The summed E-state index contributed by atoms with van der Waals surface area (Å²) in [4.78, 5) is 0. The zero-order valence-corrected chi connectivity index (χ0v) is 9.61. The van der Waals surface area contributed by atoms with E-state index in [2.05, 4.69) is 30.2 Å². The number of allylic oxidation sites excluding steroid dienone is 8. The summed E-state index contributed by atoms with van der Waals surface area (Å²) in [7, 11) is 0. The highest BCUT2D eigenvalue weighted by Crippen LogP contribution is 2.11. The number of rotatable bonds is 6. The maximum absolute atomic E-state index is 6.83. The Kier molecular flexibility index (Phi) is 9.55. The monoisotopic (exact) mass is 199 g/mol. The summed E-state index contributed by atoms with van der Waals surface area (Å²) in [5.74, 6) is 2.68. The van der Waals surface area contributed by atoms with Crippen molar-refractivity contribution in [2.45, 2.75) is 26.7 Å². The van der Waals surface area contributed by atoms with Gasteiger partial charge in [-0.3, -0.25) is 0 Å². The summed E-state index contributed by atoms with van der Waals surface area (Å²) >= 11 is 0. The lowest BCUT2D eigenvalue weighted by Crippen LogP contribution is -1.90. The first kappa shape index (κ1) is 13.5. The molecule has 0 nitrogen and oxygen atoms in total. The van der Waals surface area contributed by atoms with Gasteiger partial charge in [0, 0.05) is 0 Å². The van der Waals surface area contributed by atoms with Crippen LogP contribution in [0, 0.1) is 18.3 Å². The normalized spacial score (nSPS) is 14.5. The second-order valence-electron chi connectivity index (χ2n) is 3.22. The quantitative estimate of drug-likeness (QED) is 0.341. The molecule has 0 spiro atoms. The summed E-state index contributed by atoms with van der Waals surface area (Å²) in [6.45, 7) is 4.03. The van der Waals surface area contributed by atoms with E-state index < -0.39 is 0 Å². The molecule has 0 saturated heterocycles. The van der Waals surface area contributed by atoms with Crippen molar-refractivity contribution in [3.63, 3.8) is 0 Å². The molecule has 0 aromatic heterocycles. The SMILES string of the molecule is [C]#C/C=C/C(/C=C/C=C/C)CC/C=C/C. The van der Waals surface area contributed by atoms with Crippen molar-refractivity contribution in [3.8, 4) is 5.92 Å². The Morgan fingerprint density at radius 2 is 1.93 bits per heavy atom. The number of hydrogen-bond acceptors (Lipinski definition) is 0. The lowest BCUT2D eigenvalue weighted by Gasteiger charge is -2.03. The highest BCUT2D eigenvalue weighted by atomic mass is 14.0. The third-order valence-electron chi connectivity index (χ3n) is 1.99. The van der Waals surface area contributed by atoms with Gasteiger partial charge < -0.3 is 0 Å². The molecule has 15 heavy (non-hydrogen) atoms. The number of hydrogen-bond donors (Lipinski definition) is 0. The molecule has 0 aliphatic heterocycles. The maximum Gasteiger partial charge on any atom is -0.00380 e. The summed E-state index contributed by atoms with van der Waals surface area (Å²) < 4.78 is 0. The molecule has 1 atom stereocenters. The topological polar surface area (TPSA) is 0 Å². The van der Waals surface area contributed by atoms with Gasteiger partial charge in [-0.05, 0) is 45.1 Å². The second kappa shape index (κ2) is 10.6. The molecule has 1 radical (unpaired) electrons. The average Bonchev–Trinajstić information content (AvgIpc) is 2.25. The first-order valence-corrected chi connectivity index (χ1v) is 5.34. The van der Waals surface area contributed by atoms with E-state index in [1.807, 2.05) is 32.1 Å². The average molecular weight is 199 g/mol. The minimum Gasteiger partial charge on any atom is -0.0917 e. The molecular weight excluding hydrogens is 180 g/mol. The minimum absolute atomic E-state index is 0.398. The molecule has 0 aliphatic carbocycles. The zero-order valence-electron chi connectivity index (χ0n) is 9.61. The van der Waals surface area contributed by atoms with Crippen LogP contribution in [0.15, 0.2) is 48.6 Å². The Morgan fingerprint density at radius 1 is 1.13 bits per heavy atom. The van der Waals surface area contributed by atoms with E-state index in [4.69, 9.17) is 6.42 Å². The molecule has 0 heterocycles. The molecule has 0 aliphatic rings. The smallest absolute Gasteiger partial charge is 0.00380 e. The van der Waals surface area contributed by atoms with Crippen molar-refractivity contribution in [2.24, 2.45) is 5.92 Å². The molecule has 0 bridgehead atoms. The van der Waals surface area contributed by atoms with Gasteiger partial charge in [0.2, 0.25) is 0 Å². The molecule has 0 N–H and O–H groups in total. The van der Waals surface area contributed by atoms with Crippen molar-refractivity contribution in [3.05, 3.63) is 55.0 Å². The Hall–Kier alpha value is -1.48. The first-order valence-electron chi connectivity index (χ1n) is 5.34. The third kappa shape index (κ3) is 8.84. The van der Waals surface area contributed by atoms with Crippen molar-refractivity contribution in [2.75, 3.05) is 0 Å². The van der Waals surface area contributed by atoms with Crippen LogP contribution in [0.3, 0.4) is 0 Å². The van der Waals surface area contributed by atoms with Crippen molar-refractivity contribution < 1.29 is 0 Å². The predicted molar refractivity (Wildman–Crippen MR) is 67.8 cm³/mol. The van der Waals surface area contributed by atoms with Crippen molar-refractivity contribution in [1.82, 2.24) is 0 Å². The van der Waals surface area contributed by atoms with Crippen LogP contribution in [0.1, 0.15) is 26.7 Å². The molecule has 0 saturated carbocycles. The van der Waals surface area contributed by atoms with Crippen LogP contribution in [-0.2, 0) is 0 Å². The molecule has 0 aromatic rings. The van der Waals surface area contributed by atoms with Crippen molar-refractivity contribution >= 4 is 0 Å². The maximum atomic E-state index is 6.83. The fraction of sp³-hybridized carbons (Fsp3) is 0.333. The van der Waals surface area contributed by atoms with E-state index in [0.29, 0.717) is 5.92 Å². The third-order valence-corrected chi connectivity index (χ3v) is 1.99. The van der Waals surface area contributed by atoms with Gasteiger partial charge in [-0.25, -0.2) is 0 Å². The van der Waals surface area contributed by atoms with E-state index >= 15 is 0 Å². The van der Waals surface area contributed by atoms with Crippen LogP contribution < -0.4 is 0 Å². The summed E-state index contributed by atoms with van der Waals surface area (Å²) in [5.41, 5.74) is 0. The zero-order chi connectivity index (χ0) is 11.4. The molecule has 0 aromatic carbocycles. The highest BCUT2D eigenvalue weighted by Gasteiger charge is 1.96. The van der Waals surface area contributed by atoms with Gasteiger partial charge in [0.05, 0.1) is 0 Å². The van der Waals surface area contributed by atoms with Crippen LogP contribution in [0.4, 0.5) is 0 Å². The van der Waals surface area contributed by atoms with Crippen molar-refractivity contribution in [1.29, 1.82) is 0 Å². The van der Waals surface area contributed by atoms with Crippen LogP contribution in [0.2, 0.25) is 0 Å². The summed E-state index contributed by atoms with van der Waals surface area (Å²) in [6, 6.07) is 0. The second-order valence-corrected chi connectivity index (χ2v) is 3.22. The van der Waals surface area contributed by atoms with E-state index in [-0.39, 0.29) is 0 Å². The van der Waals surface area contributed by atoms with Crippen LogP contribution in [-0.4, -0.2) is 0 Å². The van der Waals surface area contributed by atoms with E-state index in [0.717, 1.165) is 12.8 Å². The standard InChI is InChI=1S/C15H19/c1-4-7-10-13-15(12-9-6-3)14-11-8-5-2/h4-5,7-10,12-13,15H,11,14H2,1-2H3/b7-4+,8-5+,12-9+,13-10+. The largest absolute Gasteiger partial charge is 0.0917 e. The highest BCUT2D eigenvalue weighted by molar-refractivity contribution is 5.13. The molecule has 0 fully saturated rings. The van der Waals surface area contributed by atoms with Gasteiger partial charge in [0.15, 0.2) is 0 Å². The molecule has 1 unspecified atom stereocenters. The van der Waals surface area contributed by atoms with Gasteiger partial charge in [0.1, 0.15) is 0 Å². The van der Waals surface area contributed by atoms with Gasteiger partial charge in [-0.2, -0.15) is 0 Å². The first-order chi connectivity index (χ1) is 7.35. The Balaban J connectivity index is 4.18. The lowest BCUT2D eigenvalue weighted by molar-refractivity contribution is 0.721. The van der Waals surface area contributed by atoms with Crippen LogP contribution >= 0.6 is 0 Å². The van der Waals surface area contributed by atoms with Gasteiger partial charge in [0.25, 0.3) is 0 Å². The molecule has 79 valence electrons. The Bertz CT molecular complexity index is 282. The fourth-order valence-electron chi connectivity index (χ4n) is 1.20. The summed E-state index contributed by atoms with van der Waals surface area (Å²) in [6.07, 6.45) is 25.1. The van der Waals surface area contributed by atoms with Gasteiger partial charge in [-0.1, -0.05) is 48.5 Å². The molecule has 0 rings (SSSR count). The van der Waals surface area contributed by atoms with E-state index in [1.165, 1.54) is 0 Å². The Labute approximate surface area is 94.1 Å².